The summed E-state index contributed by atoms with van der Waals surface area (Å²) in [7, 11) is 0. The van der Waals surface area contributed by atoms with Crippen molar-refractivity contribution in [1.82, 2.24) is 19.7 Å². The summed E-state index contributed by atoms with van der Waals surface area (Å²) in [5.74, 6) is 0.842. The highest BCUT2D eigenvalue weighted by atomic mass is 32.1. The van der Waals surface area contributed by atoms with Gasteiger partial charge in [0.2, 0.25) is 0 Å². The zero-order valence-corrected chi connectivity index (χ0v) is 13.3. The van der Waals surface area contributed by atoms with Crippen molar-refractivity contribution in [2.75, 3.05) is 18.8 Å². The van der Waals surface area contributed by atoms with Gasteiger partial charge in [-0.25, -0.2) is 9.97 Å². The van der Waals surface area contributed by atoms with Gasteiger partial charge in [-0.2, -0.15) is 5.26 Å². The number of nitrogen functional groups attached to an aromatic ring is 1. The Hall–Kier alpha value is -2.43. The van der Waals surface area contributed by atoms with Crippen LogP contribution >= 0.6 is 11.3 Å². The summed E-state index contributed by atoms with van der Waals surface area (Å²) in [4.78, 5) is 10.7. The molecular formula is C16H16N6S. The third kappa shape index (κ3) is 2.46. The molecule has 4 rings (SSSR count). The fourth-order valence-corrected chi connectivity index (χ4v) is 3.84. The number of nitrogens with zero attached hydrogens (tertiary/aromatic N) is 4. The summed E-state index contributed by atoms with van der Waals surface area (Å²) >= 11 is 1.45. The Morgan fingerprint density at radius 3 is 3.09 bits per heavy atom. The second kappa shape index (κ2) is 5.65. The molecule has 0 spiro atoms. The molecule has 7 heteroatoms. The van der Waals surface area contributed by atoms with Crippen LogP contribution in [0.1, 0.15) is 29.3 Å². The summed E-state index contributed by atoms with van der Waals surface area (Å²) in [6.07, 6.45) is 6.11. The first-order valence-corrected chi connectivity index (χ1v) is 8.42. The Bertz CT molecular complexity index is 897. The van der Waals surface area contributed by atoms with E-state index in [-0.39, 0.29) is 0 Å². The van der Waals surface area contributed by atoms with E-state index in [9.17, 15) is 0 Å². The molecule has 1 unspecified atom stereocenters. The van der Waals surface area contributed by atoms with E-state index in [0.717, 1.165) is 42.2 Å². The first-order valence-electron chi connectivity index (χ1n) is 7.61. The third-order valence-corrected chi connectivity index (χ3v) is 5.24. The number of nitriles is 1. The van der Waals surface area contributed by atoms with E-state index >= 15 is 0 Å². The molecule has 0 saturated carbocycles. The van der Waals surface area contributed by atoms with Gasteiger partial charge in [0.1, 0.15) is 10.9 Å². The highest BCUT2D eigenvalue weighted by Crippen LogP contribution is 2.31. The maximum Gasteiger partial charge on any atom is 0.180 e. The average molecular weight is 324 g/mol. The van der Waals surface area contributed by atoms with Crippen LogP contribution in [0.15, 0.2) is 24.5 Å². The predicted octanol–water partition coefficient (Wildman–Crippen LogP) is 2.38. The molecule has 1 saturated heterocycles. The monoisotopic (exact) mass is 324 g/mol. The Labute approximate surface area is 137 Å². The normalized spacial score (nSPS) is 18.1. The second-order valence-corrected chi connectivity index (χ2v) is 6.79. The maximum absolute atomic E-state index is 9.03. The molecule has 1 aliphatic rings. The molecule has 0 radical (unpaired) electrons. The summed E-state index contributed by atoms with van der Waals surface area (Å²) < 4.78 is 2.00. The third-order valence-electron chi connectivity index (χ3n) is 4.22. The lowest BCUT2D eigenvalue weighted by atomic mass is 9.97. The lowest BCUT2D eigenvalue weighted by Crippen LogP contribution is -2.28. The van der Waals surface area contributed by atoms with Gasteiger partial charge >= 0.3 is 0 Å². The number of piperidine rings is 1. The molecule has 23 heavy (non-hydrogen) atoms. The molecule has 0 aliphatic carbocycles. The van der Waals surface area contributed by atoms with Gasteiger partial charge in [0, 0.05) is 18.7 Å². The molecule has 0 bridgehead atoms. The molecular weight excluding hydrogens is 308 g/mol. The zero-order valence-electron chi connectivity index (χ0n) is 12.5. The first kappa shape index (κ1) is 14.2. The van der Waals surface area contributed by atoms with Crippen LogP contribution in [0.25, 0.3) is 16.2 Å². The minimum Gasteiger partial charge on any atom is -0.381 e. The molecule has 3 N–H and O–H groups in total. The van der Waals surface area contributed by atoms with E-state index in [4.69, 9.17) is 16.0 Å². The van der Waals surface area contributed by atoms with Crippen LogP contribution in [-0.4, -0.2) is 27.5 Å². The molecule has 3 aromatic rings. The summed E-state index contributed by atoms with van der Waals surface area (Å²) in [5.41, 5.74) is 8.68. The van der Waals surface area contributed by atoms with Gasteiger partial charge in [0.05, 0.1) is 22.5 Å². The summed E-state index contributed by atoms with van der Waals surface area (Å²) in [6, 6.07) is 5.94. The molecule has 116 valence electrons. The number of nitrogens with one attached hydrogen (secondary N) is 1. The Kier molecular flexibility index (Phi) is 3.48. The number of rotatable bonds is 2. The average Bonchev–Trinajstić information content (AvgIpc) is 3.23. The number of imidazole rings is 1. The lowest BCUT2D eigenvalue weighted by molar-refractivity contribution is 0.456. The van der Waals surface area contributed by atoms with E-state index in [0.29, 0.717) is 22.3 Å². The van der Waals surface area contributed by atoms with Gasteiger partial charge in [-0.1, -0.05) is 0 Å². The highest BCUT2D eigenvalue weighted by Gasteiger charge is 2.20. The summed E-state index contributed by atoms with van der Waals surface area (Å²) in [5, 5.41) is 12.4. The number of hydrogen-bond donors (Lipinski definition) is 2. The Morgan fingerprint density at radius 1 is 1.43 bits per heavy atom. The van der Waals surface area contributed by atoms with Crippen LogP contribution in [0.2, 0.25) is 0 Å². The number of anilines is 1. The van der Waals surface area contributed by atoms with Crippen LogP contribution in [-0.2, 0) is 0 Å². The predicted molar refractivity (Wildman–Crippen MR) is 90.3 cm³/mol. The van der Waals surface area contributed by atoms with Crippen molar-refractivity contribution >= 4 is 22.8 Å². The smallest absolute Gasteiger partial charge is 0.180 e. The van der Waals surface area contributed by atoms with E-state index < -0.39 is 0 Å². The van der Waals surface area contributed by atoms with E-state index in [1.54, 1.807) is 6.20 Å². The first-order chi connectivity index (χ1) is 11.3. The molecule has 1 atom stereocenters. The number of fused-ring (bicyclic) bond motifs is 1. The van der Waals surface area contributed by atoms with Gasteiger partial charge in [0.15, 0.2) is 11.5 Å². The number of aromatic nitrogens is 3. The highest BCUT2D eigenvalue weighted by molar-refractivity contribution is 7.15. The molecule has 6 nitrogen and oxygen atoms in total. The van der Waals surface area contributed by atoms with Crippen molar-refractivity contribution in [1.29, 1.82) is 5.26 Å². The van der Waals surface area contributed by atoms with Crippen molar-refractivity contribution in [3.8, 4) is 16.6 Å². The van der Waals surface area contributed by atoms with Gasteiger partial charge in [-0.05, 0) is 31.5 Å². The Balaban J connectivity index is 1.84. The number of nitrogens with two attached hydrogens (primary N) is 1. The molecule has 0 amide bonds. The van der Waals surface area contributed by atoms with Gasteiger partial charge in [-0.15, -0.1) is 11.3 Å². The minimum absolute atomic E-state index is 0.411. The van der Waals surface area contributed by atoms with Crippen LogP contribution < -0.4 is 11.1 Å². The van der Waals surface area contributed by atoms with Gasteiger partial charge in [-0.3, -0.25) is 4.40 Å². The Morgan fingerprint density at radius 2 is 2.35 bits per heavy atom. The maximum atomic E-state index is 9.03. The van der Waals surface area contributed by atoms with Crippen LogP contribution in [0.5, 0.6) is 0 Å². The number of hydrogen-bond acceptors (Lipinski definition) is 6. The van der Waals surface area contributed by atoms with E-state index in [1.165, 1.54) is 11.3 Å². The van der Waals surface area contributed by atoms with Crippen molar-refractivity contribution in [3.63, 3.8) is 0 Å². The van der Waals surface area contributed by atoms with Crippen molar-refractivity contribution < 1.29 is 0 Å². The van der Waals surface area contributed by atoms with E-state index in [2.05, 4.69) is 22.6 Å². The lowest BCUT2D eigenvalue weighted by Gasteiger charge is -2.20. The number of thiophene rings is 1. The van der Waals surface area contributed by atoms with Crippen molar-refractivity contribution in [2.24, 2.45) is 0 Å². The van der Waals surface area contributed by atoms with E-state index in [1.807, 2.05) is 16.5 Å². The molecule has 1 fully saturated rings. The second-order valence-electron chi connectivity index (χ2n) is 5.71. The van der Waals surface area contributed by atoms with Gasteiger partial charge in [0.25, 0.3) is 0 Å². The fourth-order valence-electron chi connectivity index (χ4n) is 3.03. The topological polar surface area (TPSA) is 92.0 Å². The van der Waals surface area contributed by atoms with Crippen LogP contribution in [0.3, 0.4) is 0 Å². The molecule has 3 aromatic heterocycles. The SMILES string of the molecule is N#Cc1ccc(-c2cnc(N)c3nc(C4CCCNC4)cn23)s1. The van der Waals surface area contributed by atoms with Crippen molar-refractivity contribution in [3.05, 3.63) is 35.1 Å². The zero-order chi connectivity index (χ0) is 15.8. The molecule has 0 aromatic carbocycles. The quantitative estimate of drug-likeness (QED) is 0.755. The molecule has 1 aliphatic heterocycles. The summed E-state index contributed by atoms with van der Waals surface area (Å²) in [6.45, 7) is 2.02. The fraction of sp³-hybridized carbons (Fsp3) is 0.312. The van der Waals surface area contributed by atoms with Crippen LogP contribution in [0.4, 0.5) is 5.82 Å². The van der Waals surface area contributed by atoms with Gasteiger partial charge < -0.3 is 11.1 Å². The molecule has 4 heterocycles. The largest absolute Gasteiger partial charge is 0.381 e. The van der Waals surface area contributed by atoms with Crippen LogP contribution in [0, 0.1) is 11.3 Å². The minimum atomic E-state index is 0.411. The van der Waals surface area contributed by atoms with Crippen molar-refractivity contribution in [2.45, 2.75) is 18.8 Å². The standard InChI is InChI=1S/C16H16N6S/c17-6-11-3-4-14(23-11)13-8-20-15(18)16-21-12(9-22(13)16)10-2-1-5-19-7-10/h3-4,8-10,19H,1-2,5,7H2,(H2,18,20).